The summed E-state index contributed by atoms with van der Waals surface area (Å²) in [6.45, 7) is 0.523. The zero-order chi connectivity index (χ0) is 12.0. The van der Waals surface area contributed by atoms with E-state index in [2.05, 4.69) is 20.7 Å². The van der Waals surface area contributed by atoms with Gasteiger partial charge in [-0.3, -0.25) is 0 Å². The molecule has 0 aromatic heterocycles. The Morgan fingerprint density at radius 2 is 2.12 bits per heavy atom. The van der Waals surface area contributed by atoms with Crippen molar-refractivity contribution in [1.82, 2.24) is 4.72 Å². The van der Waals surface area contributed by atoms with Crippen LogP contribution in [0.3, 0.4) is 0 Å². The van der Waals surface area contributed by atoms with E-state index in [1.54, 1.807) is 0 Å². The van der Waals surface area contributed by atoms with E-state index in [1.165, 1.54) is 6.08 Å². The third-order valence-corrected chi connectivity index (χ3v) is 3.33. The Morgan fingerprint density at radius 3 is 2.71 bits per heavy atom. The van der Waals surface area contributed by atoms with Crippen LogP contribution in [0.4, 0.5) is 0 Å². The maximum atomic E-state index is 11.4. The molecular formula is C10H14BrClN2O2S. The van der Waals surface area contributed by atoms with Crippen LogP contribution in [0.15, 0.2) is 34.1 Å². The molecule has 0 aliphatic heterocycles. The second kappa shape index (κ2) is 7.84. The maximum Gasteiger partial charge on any atom is 0.233 e. The molecule has 0 unspecified atom stereocenters. The molecule has 0 fully saturated rings. The van der Waals surface area contributed by atoms with Crippen LogP contribution in [0.1, 0.15) is 5.56 Å². The van der Waals surface area contributed by atoms with Gasteiger partial charge in [0.05, 0.1) is 0 Å². The molecule has 0 saturated carbocycles. The van der Waals surface area contributed by atoms with Gasteiger partial charge >= 0.3 is 0 Å². The van der Waals surface area contributed by atoms with Crippen molar-refractivity contribution in [3.05, 3.63) is 39.7 Å². The van der Waals surface area contributed by atoms with Gasteiger partial charge in [-0.15, -0.1) is 12.4 Å². The largest absolute Gasteiger partial charge is 0.329 e. The molecular weight excluding hydrogens is 328 g/mol. The molecule has 4 nitrogen and oxygen atoms in total. The molecule has 0 heterocycles. The van der Waals surface area contributed by atoms with Crippen molar-refractivity contribution in [3.8, 4) is 0 Å². The van der Waals surface area contributed by atoms with Gasteiger partial charge in [0.25, 0.3) is 0 Å². The second-order valence-electron chi connectivity index (χ2n) is 3.09. The van der Waals surface area contributed by atoms with Crippen molar-refractivity contribution in [3.63, 3.8) is 0 Å². The highest BCUT2D eigenvalue weighted by Gasteiger charge is 2.02. The molecule has 0 aliphatic carbocycles. The van der Waals surface area contributed by atoms with Crippen LogP contribution in [-0.4, -0.2) is 21.5 Å². The summed E-state index contributed by atoms with van der Waals surface area (Å²) in [5, 5.41) is 1.13. The number of hydrogen-bond donors (Lipinski definition) is 2. The number of rotatable bonds is 5. The average molecular weight is 342 g/mol. The van der Waals surface area contributed by atoms with E-state index in [1.807, 2.05) is 24.3 Å². The average Bonchev–Trinajstić information content (AvgIpc) is 2.24. The molecule has 1 rings (SSSR count). The fourth-order valence-corrected chi connectivity index (χ4v) is 2.28. The van der Waals surface area contributed by atoms with E-state index >= 15 is 0 Å². The van der Waals surface area contributed by atoms with Crippen molar-refractivity contribution < 1.29 is 8.42 Å². The molecule has 96 valence electrons. The highest BCUT2D eigenvalue weighted by atomic mass is 79.9. The Kier molecular flexibility index (Phi) is 7.65. The van der Waals surface area contributed by atoms with Gasteiger partial charge in [-0.05, 0) is 23.8 Å². The summed E-state index contributed by atoms with van der Waals surface area (Å²) < 4.78 is 26.0. The summed E-state index contributed by atoms with van der Waals surface area (Å²) >= 11 is 3.31. The van der Waals surface area contributed by atoms with E-state index < -0.39 is 10.0 Å². The minimum Gasteiger partial charge on any atom is -0.329 e. The fourth-order valence-electron chi connectivity index (χ4n) is 1.03. The lowest BCUT2D eigenvalue weighted by atomic mass is 10.2. The minimum atomic E-state index is -3.38. The van der Waals surface area contributed by atoms with Crippen molar-refractivity contribution in [1.29, 1.82) is 0 Å². The van der Waals surface area contributed by atoms with E-state index in [9.17, 15) is 8.42 Å². The van der Waals surface area contributed by atoms with Crippen molar-refractivity contribution in [2.24, 2.45) is 5.73 Å². The SMILES string of the molecule is Cl.NCCNS(=O)(=O)/C=C/c1cccc(Br)c1. The second-order valence-corrected chi connectivity index (χ2v) is 5.65. The van der Waals surface area contributed by atoms with Crippen molar-refractivity contribution in [2.75, 3.05) is 13.1 Å². The van der Waals surface area contributed by atoms with Crippen LogP contribution in [0.5, 0.6) is 0 Å². The molecule has 1 aromatic carbocycles. The molecule has 17 heavy (non-hydrogen) atoms. The minimum absolute atomic E-state index is 0. The van der Waals surface area contributed by atoms with Gasteiger partial charge in [-0.1, -0.05) is 28.1 Å². The molecule has 1 aromatic rings. The van der Waals surface area contributed by atoms with Gasteiger partial charge in [0.15, 0.2) is 0 Å². The normalized spacial score (nSPS) is 11.4. The predicted molar refractivity (Wildman–Crippen MR) is 76.4 cm³/mol. The van der Waals surface area contributed by atoms with Gasteiger partial charge in [0, 0.05) is 23.0 Å². The van der Waals surface area contributed by atoms with Crippen molar-refractivity contribution >= 4 is 44.4 Å². The quantitative estimate of drug-likeness (QED) is 0.856. The highest BCUT2D eigenvalue weighted by Crippen LogP contribution is 2.12. The Hall–Kier alpha value is -0.400. The Balaban J connectivity index is 0.00000256. The monoisotopic (exact) mass is 340 g/mol. The first kappa shape index (κ1) is 16.6. The molecule has 0 bridgehead atoms. The molecule has 7 heteroatoms. The maximum absolute atomic E-state index is 11.4. The number of benzene rings is 1. The van der Waals surface area contributed by atoms with Crippen LogP contribution in [0.2, 0.25) is 0 Å². The zero-order valence-electron chi connectivity index (χ0n) is 8.97. The molecule has 0 aliphatic rings. The third-order valence-electron chi connectivity index (χ3n) is 1.74. The molecule has 0 atom stereocenters. The molecule has 0 saturated heterocycles. The summed E-state index contributed by atoms with van der Waals surface area (Å²) in [4.78, 5) is 0. The van der Waals surface area contributed by atoms with Gasteiger partial charge in [0.1, 0.15) is 0 Å². The van der Waals surface area contributed by atoms with Gasteiger partial charge in [-0.2, -0.15) is 0 Å². The van der Waals surface area contributed by atoms with Crippen LogP contribution >= 0.6 is 28.3 Å². The Bertz CT molecular complexity index is 477. The van der Waals surface area contributed by atoms with Crippen LogP contribution in [0, 0.1) is 0 Å². The van der Waals surface area contributed by atoms with E-state index in [0.717, 1.165) is 15.4 Å². The van der Waals surface area contributed by atoms with Gasteiger partial charge < -0.3 is 5.73 Å². The Labute approximate surface area is 116 Å². The summed E-state index contributed by atoms with van der Waals surface area (Å²) in [5.74, 6) is 0. The zero-order valence-corrected chi connectivity index (χ0v) is 12.2. The number of sulfonamides is 1. The predicted octanol–water partition coefficient (Wildman–Crippen LogP) is 1.72. The van der Waals surface area contributed by atoms with Gasteiger partial charge in [0.2, 0.25) is 10.0 Å². The van der Waals surface area contributed by atoms with Gasteiger partial charge in [-0.25, -0.2) is 13.1 Å². The number of nitrogens with one attached hydrogen (secondary N) is 1. The summed E-state index contributed by atoms with van der Waals surface area (Å²) in [5.41, 5.74) is 6.02. The highest BCUT2D eigenvalue weighted by molar-refractivity contribution is 9.10. The van der Waals surface area contributed by atoms with Crippen LogP contribution in [-0.2, 0) is 10.0 Å². The summed E-state index contributed by atoms with van der Waals surface area (Å²) in [7, 11) is -3.38. The van der Waals surface area contributed by atoms with E-state index in [4.69, 9.17) is 5.73 Å². The molecule has 0 radical (unpaired) electrons. The lowest BCUT2D eigenvalue weighted by Gasteiger charge is -1.99. The molecule has 3 N–H and O–H groups in total. The summed E-state index contributed by atoms with van der Waals surface area (Å²) in [6.07, 6.45) is 1.53. The first-order valence-electron chi connectivity index (χ1n) is 4.67. The Morgan fingerprint density at radius 1 is 1.41 bits per heavy atom. The van der Waals surface area contributed by atoms with Crippen molar-refractivity contribution in [2.45, 2.75) is 0 Å². The first-order chi connectivity index (χ1) is 7.53. The number of nitrogens with two attached hydrogens (primary N) is 1. The molecule has 0 amide bonds. The standard InChI is InChI=1S/C10H13BrN2O2S.ClH/c11-10-3-1-2-9(8-10)4-7-16(14,15)13-6-5-12;/h1-4,7-8,13H,5-6,12H2;1H/b7-4+;. The lowest BCUT2D eigenvalue weighted by Crippen LogP contribution is -2.27. The first-order valence-corrected chi connectivity index (χ1v) is 7.01. The topological polar surface area (TPSA) is 72.2 Å². The fraction of sp³-hybridized carbons (Fsp3) is 0.200. The van der Waals surface area contributed by atoms with E-state index in [0.29, 0.717) is 0 Å². The number of hydrogen-bond acceptors (Lipinski definition) is 3. The number of halogens is 2. The van der Waals surface area contributed by atoms with Crippen LogP contribution in [0.25, 0.3) is 6.08 Å². The third kappa shape index (κ3) is 6.80. The smallest absolute Gasteiger partial charge is 0.233 e. The lowest BCUT2D eigenvalue weighted by molar-refractivity contribution is 0.591. The van der Waals surface area contributed by atoms with Crippen LogP contribution < -0.4 is 10.5 Å². The summed E-state index contributed by atoms with van der Waals surface area (Å²) in [6, 6.07) is 7.36. The van der Waals surface area contributed by atoms with E-state index in [-0.39, 0.29) is 25.5 Å². The molecule has 0 spiro atoms.